The van der Waals surface area contributed by atoms with E-state index in [9.17, 15) is 4.79 Å². The molecular weight excluding hydrogens is 346 g/mol. The van der Waals surface area contributed by atoms with Gasteiger partial charge in [-0.25, -0.2) is 15.0 Å². The van der Waals surface area contributed by atoms with Crippen molar-refractivity contribution in [3.8, 4) is 10.8 Å². The molecule has 3 aromatic rings. The fraction of sp³-hybridized carbons (Fsp3) is 0.263. The second-order valence-corrected chi connectivity index (χ2v) is 7.36. The van der Waals surface area contributed by atoms with Crippen molar-refractivity contribution in [2.24, 2.45) is 0 Å². The first-order valence-corrected chi connectivity index (χ1v) is 9.34. The lowest BCUT2D eigenvalue weighted by atomic mass is 10.1. The molecule has 1 aromatic carbocycles. The first-order chi connectivity index (χ1) is 12.6. The predicted octanol–water partition coefficient (Wildman–Crippen LogP) is 3.48. The number of amides is 1. The van der Waals surface area contributed by atoms with Crippen LogP contribution in [0.5, 0.6) is 0 Å². The van der Waals surface area contributed by atoms with Crippen LogP contribution < -0.4 is 9.80 Å². The molecule has 0 bridgehead atoms. The minimum Gasteiger partial charge on any atom is -0.373 e. The molecule has 132 valence electrons. The van der Waals surface area contributed by atoms with Crippen LogP contribution in [0.1, 0.15) is 23.0 Å². The van der Waals surface area contributed by atoms with Crippen LogP contribution in [0.4, 0.5) is 11.4 Å². The third kappa shape index (κ3) is 2.94. The molecule has 1 atom stereocenters. The molecule has 7 heteroatoms. The van der Waals surface area contributed by atoms with Gasteiger partial charge in [-0.3, -0.25) is 4.79 Å². The van der Waals surface area contributed by atoms with Crippen molar-refractivity contribution in [1.29, 1.82) is 0 Å². The Morgan fingerprint density at radius 3 is 2.62 bits per heavy atom. The fourth-order valence-electron chi connectivity index (χ4n) is 3.17. The normalized spacial score (nSPS) is 16.9. The fourth-order valence-corrected chi connectivity index (χ4v) is 3.97. The maximum Gasteiger partial charge on any atom is 0.270 e. The van der Waals surface area contributed by atoms with Crippen LogP contribution in [0.2, 0.25) is 0 Å². The molecule has 3 heterocycles. The third-order valence-electron chi connectivity index (χ3n) is 4.57. The van der Waals surface area contributed by atoms with E-state index in [0.29, 0.717) is 15.7 Å². The van der Waals surface area contributed by atoms with E-state index in [1.165, 1.54) is 11.3 Å². The minimum atomic E-state index is -0.0278. The number of hydrogen-bond donors (Lipinski definition) is 0. The first kappa shape index (κ1) is 16.7. The van der Waals surface area contributed by atoms with Crippen LogP contribution in [0.25, 0.3) is 10.8 Å². The predicted molar refractivity (Wildman–Crippen MR) is 104 cm³/mol. The van der Waals surface area contributed by atoms with Gasteiger partial charge < -0.3 is 9.80 Å². The molecule has 1 aliphatic rings. The highest BCUT2D eigenvalue weighted by Gasteiger charge is 2.30. The highest BCUT2D eigenvalue weighted by molar-refractivity contribution is 7.17. The van der Waals surface area contributed by atoms with Gasteiger partial charge in [0.2, 0.25) is 0 Å². The number of benzene rings is 1. The first-order valence-electron chi connectivity index (χ1n) is 8.52. The van der Waals surface area contributed by atoms with Crippen LogP contribution in [0, 0.1) is 0 Å². The average Bonchev–Trinajstić information content (AvgIpc) is 3.13. The number of rotatable bonds is 2. The number of fused-ring (bicyclic) bond motifs is 1. The van der Waals surface area contributed by atoms with Crippen molar-refractivity contribution in [3.63, 3.8) is 0 Å². The Labute approximate surface area is 156 Å². The lowest BCUT2D eigenvalue weighted by Crippen LogP contribution is -2.38. The topological polar surface area (TPSA) is 62.2 Å². The minimum absolute atomic E-state index is 0.0278. The molecule has 0 N–H and O–H groups in total. The van der Waals surface area contributed by atoms with E-state index in [1.807, 2.05) is 23.1 Å². The van der Waals surface area contributed by atoms with Gasteiger partial charge in [-0.05, 0) is 31.5 Å². The van der Waals surface area contributed by atoms with Crippen LogP contribution in [-0.4, -0.2) is 40.5 Å². The zero-order chi connectivity index (χ0) is 18.1. The quantitative estimate of drug-likeness (QED) is 0.696. The zero-order valence-electron chi connectivity index (χ0n) is 14.7. The van der Waals surface area contributed by atoms with Crippen LogP contribution >= 0.6 is 11.3 Å². The third-order valence-corrected chi connectivity index (χ3v) is 5.55. The molecule has 0 spiro atoms. The van der Waals surface area contributed by atoms with Gasteiger partial charge in [0, 0.05) is 32.0 Å². The summed E-state index contributed by atoms with van der Waals surface area (Å²) in [6, 6.07) is 9.91. The summed E-state index contributed by atoms with van der Waals surface area (Å²) in [6.45, 7) is 3.00. The summed E-state index contributed by atoms with van der Waals surface area (Å²) in [5.41, 5.74) is 2.01. The number of anilines is 2. The molecule has 26 heavy (non-hydrogen) atoms. The van der Waals surface area contributed by atoms with E-state index in [0.717, 1.165) is 24.3 Å². The highest BCUT2D eigenvalue weighted by Crippen LogP contribution is 2.35. The van der Waals surface area contributed by atoms with Gasteiger partial charge in [0.25, 0.3) is 5.91 Å². The van der Waals surface area contributed by atoms with Crippen molar-refractivity contribution in [3.05, 3.63) is 53.8 Å². The molecule has 0 radical (unpaired) electrons. The van der Waals surface area contributed by atoms with Gasteiger partial charge in [-0.2, -0.15) is 0 Å². The Morgan fingerprint density at radius 2 is 1.85 bits per heavy atom. The number of para-hydroxylation sites is 2. The standard InChI is InChI=1S/C19H19N5OS/c1-13-8-11-23(2)14-6-3-4-7-15(14)24(13)19(25)16-12-22-18(26-16)17-20-9-5-10-21-17/h3-7,9-10,12-13H,8,11H2,1-2H3. The summed E-state index contributed by atoms with van der Waals surface area (Å²) in [5, 5.41) is 0.654. The second-order valence-electron chi connectivity index (χ2n) is 6.33. The number of nitrogens with zero attached hydrogens (tertiary/aromatic N) is 5. The SMILES string of the molecule is CC1CCN(C)c2ccccc2N1C(=O)c1cnc(-c2ncccn2)s1. The molecule has 2 aromatic heterocycles. The number of carbonyl (C=O) groups is 1. The van der Waals surface area contributed by atoms with E-state index in [4.69, 9.17) is 0 Å². The van der Waals surface area contributed by atoms with Gasteiger partial charge in [-0.1, -0.05) is 12.1 Å². The maximum absolute atomic E-state index is 13.3. The highest BCUT2D eigenvalue weighted by atomic mass is 32.1. The Hall–Kier alpha value is -2.80. The molecule has 4 rings (SSSR count). The Balaban J connectivity index is 1.71. The summed E-state index contributed by atoms with van der Waals surface area (Å²) >= 11 is 1.33. The number of hydrogen-bond acceptors (Lipinski definition) is 6. The maximum atomic E-state index is 13.3. The van der Waals surface area contributed by atoms with E-state index in [1.54, 1.807) is 24.7 Å². The Morgan fingerprint density at radius 1 is 1.12 bits per heavy atom. The van der Waals surface area contributed by atoms with Gasteiger partial charge in [0.15, 0.2) is 10.8 Å². The number of carbonyl (C=O) groups excluding carboxylic acids is 1. The van der Waals surface area contributed by atoms with Crippen LogP contribution in [-0.2, 0) is 0 Å². The van der Waals surface area contributed by atoms with Gasteiger partial charge in [0.05, 0.1) is 17.6 Å². The van der Waals surface area contributed by atoms with Crippen molar-refractivity contribution in [2.75, 3.05) is 23.4 Å². The van der Waals surface area contributed by atoms with Crippen molar-refractivity contribution >= 4 is 28.6 Å². The van der Waals surface area contributed by atoms with Crippen molar-refractivity contribution < 1.29 is 4.79 Å². The largest absolute Gasteiger partial charge is 0.373 e. The van der Waals surface area contributed by atoms with E-state index >= 15 is 0 Å². The van der Waals surface area contributed by atoms with Crippen LogP contribution in [0.3, 0.4) is 0 Å². The van der Waals surface area contributed by atoms with Gasteiger partial charge in [0.1, 0.15) is 4.88 Å². The average molecular weight is 365 g/mol. The molecule has 1 unspecified atom stereocenters. The van der Waals surface area contributed by atoms with E-state index < -0.39 is 0 Å². The van der Waals surface area contributed by atoms with Crippen molar-refractivity contribution in [1.82, 2.24) is 15.0 Å². The lowest BCUT2D eigenvalue weighted by Gasteiger charge is -2.28. The van der Waals surface area contributed by atoms with Gasteiger partial charge >= 0.3 is 0 Å². The molecule has 0 fully saturated rings. The van der Waals surface area contributed by atoms with Crippen LogP contribution in [0.15, 0.2) is 48.9 Å². The second kappa shape index (κ2) is 6.84. The van der Waals surface area contributed by atoms with Gasteiger partial charge in [-0.15, -0.1) is 11.3 Å². The summed E-state index contributed by atoms with van der Waals surface area (Å²) in [7, 11) is 2.07. The summed E-state index contributed by atoms with van der Waals surface area (Å²) in [4.78, 5) is 30.8. The summed E-state index contributed by atoms with van der Waals surface area (Å²) < 4.78 is 0. The Bertz CT molecular complexity index is 926. The van der Waals surface area contributed by atoms with Crippen molar-refractivity contribution in [2.45, 2.75) is 19.4 Å². The molecule has 0 aliphatic carbocycles. The summed E-state index contributed by atoms with van der Waals surface area (Å²) in [5.74, 6) is 0.514. The van der Waals surface area contributed by atoms with E-state index in [-0.39, 0.29) is 11.9 Å². The Kier molecular flexibility index (Phi) is 4.38. The molecule has 6 nitrogen and oxygen atoms in total. The summed E-state index contributed by atoms with van der Waals surface area (Å²) in [6.07, 6.45) is 5.88. The monoisotopic (exact) mass is 365 g/mol. The molecular formula is C19H19N5OS. The molecule has 1 amide bonds. The molecule has 0 saturated heterocycles. The smallest absolute Gasteiger partial charge is 0.270 e. The molecule has 0 saturated carbocycles. The number of aromatic nitrogens is 3. The molecule has 1 aliphatic heterocycles. The lowest BCUT2D eigenvalue weighted by molar-refractivity contribution is 0.0982. The van der Waals surface area contributed by atoms with E-state index in [2.05, 4.69) is 39.9 Å². The number of thiazole rings is 1. The zero-order valence-corrected chi connectivity index (χ0v) is 15.5.